The molecule has 1 aromatic carbocycles. The predicted octanol–water partition coefficient (Wildman–Crippen LogP) is 2.13. The number of sulfonamides is 1. The lowest BCUT2D eigenvalue weighted by Crippen LogP contribution is -2.29. The Balaban J connectivity index is 3.29. The van der Waals surface area contributed by atoms with E-state index >= 15 is 0 Å². The second-order valence-corrected chi connectivity index (χ2v) is 6.83. The highest BCUT2D eigenvalue weighted by Crippen LogP contribution is 2.27. The number of nitrogens with one attached hydrogen (secondary N) is 1. The number of nitrogen functional groups attached to an aromatic ring is 1. The molecular formula is C13H22N2O2S. The molecule has 0 aliphatic heterocycles. The molecule has 18 heavy (non-hydrogen) atoms. The third kappa shape index (κ3) is 3.03. The number of aryl methyl sites for hydroxylation is 2. The molecule has 0 unspecified atom stereocenters. The van der Waals surface area contributed by atoms with Crippen molar-refractivity contribution in [2.75, 3.05) is 12.3 Å². The van der Waals surface area contributed by atoms with Gasteiger partial charge in [-0.25, -0.2) is 13.1 Å². The fraction of sp³-hybridized carbons (Fsp3) is 0.538. The van der Waals surface area contributed by atoms with Crippen molar-refractivity contribution < 1.29 is 8.42 Å². The van der Waals surface area contributed by atoms with Crippen molar-refractivity contribution >= 4 is 15.7 Å². The fourth-order valence-corrected chi connectivity index (χ4v) is 3.64. The van der Waals surface area contributed by atoms with Crippen molar-refractivity contribution in [2.45, 2.75) is 39.5 Å². The maximum absolute atomic E-state index is 12.3. The van der Waals surface area contributed by atoms with Crippen LogP contribution in [0.15, 0.2) is 11.0 Å². The lowest BCUT2D eigenvalue weighted by molar-refractivity contribution is 0.559. The van der Waals surface area contributed by atoms with Crippen LogP contribution in [0.1, 0.15) is 30.5 Å². The van der Waals surface area contributed by atoms with Crippen molar-refractivity contribution in [2.24, 2.45) is 5.92 Å². The first kappa shape index (κ1) is 15.0. The smallest absolute Gasteiger partial charge is 0.241 e. The SMILES string of the molecule is Cc1cc(C)c(S(=O)(=O)NCC(C)C)c(C)c1N. The number of benzene rings is 1. The molecule has 0 aliphatic carbocycles. The highest BCUT2D eigenvalue weighted by molar-refractivity contribution is 7.89. The average Bonchev–Trinajstić information content (AvgIpc) is 2.23. The molecule has 5 heteroatoms. The Morgan fingerprint density at radius 1 is 1.22 bits per heavy atom. The summed E-state index contributed by atoms with van der Waals surface area (Å²) < 4.78 is 27.2. The Hall–Kier alpha value is -1.07. The van der Waals surface area contributed by atoms with Crippen molar-refractivity contribution in [1.82, 2.24) is 4.72 Å². The van der Waals surface area contributed by atoms with Gasteiger partial charge in [-0.1, -0.05) is 19.9 Å². The summed E-state index contributed by atoms with van der Waals surface area (Å²) in [5, 5.41) is 0. The topological polar surface area (TPSA) is 72.2 Å². The van der Waals surface area contributed by atoms with E-state index < -0.39 is 10.0 Å². The van der Waals surface area contributed by atoms with Crippen LogP contribution in [0.5, 0.6) is 0 Å². The minimum absolute atomic E-state index is 0.267. The zero-order valence-electron chi connectivity index (χ0n) is 11.7. The summed E-state index contributed by atoms with van der Waals surface area (Å²) in [6.45, 7) is 9.78. The van der Waals surface area contributed by atoms with Crippen LogP contribution in [0.3, 0.4) is 0 Å². The monoisotopic (exact) mass is 270 g/mol. The van der Waals surface area contributed by atoms with E-state index in [1.165, 1.54) is 0 Å². The lowest BCUT2D eigenvalue weighted by Gasteiger charge is -2.16. The molecule has 102 valence electrons. The van der Waals surface area contributed by atoms with E-state index in [1.807, 2.05) is 26.8 Å². The Kier molecular flexibility index (Phi) is 4.40. The maximum Gasteiger partial charge on any atom is 0.241 e. The van der Waals surface area contributed by atoms with Crippen LogP contribution in [0, 0.1) is 26.7 Å². The van der Waals surface area contributed by atoms with Crippen molar-refractivity contribution in [1.29, 1.82) is 0 Å². The van der Waals surface area contributed by atoms with E-state index in [2.05, 4.69) is 4.72 Å². The van der Waals surface area contributed by atoms with Crippen molar-refractivity contribution in [3.8, 4) is 0 Å². The second-order valence-electron chi connectivity index (χ2n) is 5.12. The van der Waals surface area contributed by atoms with E-state index in [4.69, 9.17) is 5.73 Å². The standard InChI is InChI=1S/C13H22N2O2S/c1-8(2)7-15-18(16,17)13-10(4)6-9(3)12(14)11(13)5/h6,8,15H,7,14H2,1-5H3. The first-order chi connectivity index (χ1) is 8.16. The fourth-order valence-electron chi connectivity index (χ4n) is 1.94. The summed E-state index contributed by atoms with van der Waals surface area (Å²) in [5.41, 5.74) is 8.73. The number of nitrogens with two attached hydrogens (primary N) is 1. The molecule has 3 N–H and O–H groups in total. The Morgan fingerprint density at radius 3 is 2.28 bits per heavy atom. The Morgan fingerprint density at radius 2 is 1.78 bits per heavy atom. The van der Waals surface area contributed by atoms with Gasteiger partial charge in [-0.3, -0.25) is 0 Å². The van der Waals surface area contributed by atoms with Gasteiger partial charge in [-0.2, -0.15) is 0 Å². The Bertz CT molecular complexity index is 549. The molecule has 0 spiro atoms. The zero-order chi connectivity index (χ0) is 14.1. The molecule has 0 amide bonds. The van der Waals surface area contributed by atoms with Gasteiger partial charge in [0.2, 0.25) is 10.0 Å². The quantitative estimate of drug-likeness (QED) is 0.823. The van der Waals surface area contributed by atoms with Crippen LogP contribution in [0.4, 0.5) is 5.69 Å². The number of hydrogen-bond acceptors (Lipinski definition) is 3. The number of rotatable bonds is 4. The van der Waals surface area contributed by atoms with Gasteiger partial charge in [0.05, 0.1) is 4.90 Å². The van der Waals surface area contributed by atoms with E-state index in [0.29, 0.717) is 22.7 Å². The molecule has 0 aliphatic rings. The molecule has 0 saturated carbocycles. The summed E-state index contributed by atoms with van der Waals surface area (Å²) >= 11 is 0. The summed E-state index contributed by atoms with van der Waals surface area (Å²) in [4.78, 5) is 0.311. The van der Waals surface area contributed by atoms with E-state index in [0.717, 1.165) is 11.1 Å². The molecule has 0 heterocycles. The molecule has 0 atom stereocenters. The summed E-state index contributed by atoms with van der Waals surface area (Å²) in [6.07, 6.45) is 0. The summed E-state index contributed by atoms with van der Waals surface area (Å²) in [7, 11) is -3.49. The van der Waals surface area contributed by atoms with E-state index in [9.17, 15) is 8.42 Å². The van der Waals surface area contributed by atoms with Gasteiger partial charge >= 0.3 is 0 Å². The second kappa shape index (κ2) is 5.28. The predicted molar refractivity (Wildman–Crippen MR) is 75.1 cm³/mol. The molecule has 0 radical (unpaired) electrons. The third-order valence-electron chi connectivity index (χ3n) is 2.91. The molecule has 0 bridgehead atoms. The molecule has 1 rings (SSSR count). The molecule has 4 nitrogen and oxygen atoms in total. The van der Waals surface area contributed by atoms with Crippen LogP contribution >= 0.6 is 0 Å². The van der Waals surface area contributed by atoms with Crippen LogP contribution < -0.4 is 10.5 Å². The maximum atomic E-state index is 12.3. The first-order valence-electron chi connectivity index (χ1n) is 6.02. The lowest BCUT2D eigenvalue weighted by atomic mass is 10.1. The highest BCUT2D eigenvalue weighted by atomic mass is 32.2. The normalized spacial score (nSPS) is 12.1. The van der Waals surface area contributed by atoms with Crippen LogP contribution in [0.2, 0.25) is 0 Å². The van der Waals surface area contributed by atoms with E-state index in [1.54, 1.807) is 13.8 Å². The minimum atomic E-state index is -3.49. The van der Waals surface area contributed by atoms with Gasteiger partial charge in [0, 0.05) is 12.2 Å². The van der Waals surface area contributed by atoms with Crippen LogP contribution in [-0.4, -0.2) is 15.0 Å². The largest absolute Gasteiger partial charge is 0.398 e. The summed E-state index contributed by atoms with van der Waals surface area (Å²) in [5.74, 6) is 0.267. The number of hydrogen-bond donors (Lipinski definition) is 2. The third-order valence-corrected chi connectivity index (χ3v) is 4.62. The average molecular weight is 270 g/mol. The van der Waals surface area contributed by atoms with Gasteiger partial charge in [-0.05, 0) is 43.4 Å². The number of anilines is 1. The highest BCUT2D eigenvalue weighted by Gasteiger charge is 2.21. The van der Waals surface area contributed by atoms with Crippen LogP contribution in [-0.2, 0) is 10.0 Å². The molecule has 0 saturated heterocycles. The summed E-state index contributed by atoms with van der Waals surface area (Å²) in [6, 6.07) is 1.81. The van der Waals surface area contributed by atoms with Crippen molar-refractivity contribution in [3.05, 3.63) is 22.8 Å². The van der Waals surface area contributed by atoms with Gasteiger partial charge in [-0.15, -0.1) is 0 Å². The van der Waals surface area contributed by atoms with Gasteiger partial charge in [0.25, 0.3) is 0 Å². The first-order valence-corrected chi connectivity index (χ1v) is 7.51. The molecule has 0 fully saturated rings. The Labute approximate surface area is 110 Å². The molecule has 0 aromatic heterocycles. The molecular weight excluding hydrogens is 248 g/mol. The molecule has 1 aromatic rings. The zero-order valence-corrected chi connectivity index (χ0v) is 12.5. The van der Waals surface area contributed by atoms with E-state index in [-0.39, 0.29) is 5.92 Å². The van der Waals surface area contributed by atoms with Gasteiger partial charge in [0.1, 0.15) is 0 Å². The van der Waals surface area contributed by atoms with Crippen LogP contribution in [0.25, 0.3) is 0 Å². The van der Waals surface area contributed by atoms with Gasteiger partial charge < -0.3 is 5.73 Å². The minimum Gasteiger partial charge on any atom is -0.398 e. The van der Waals surface area contributed by atoms with Gasteiger partial charge in [0.15, 0.2) is 0 Å². The van der Waals surface area contributed by atoms with Crippen molar-refractivity contribution in [3.63, 3.8) is 0 Å².